The van der Waals surface area contributed by atoms with Gasteiger partial charge in [0.1, 0.15) is 0 Å². The summed E-state index contributed by atoms with van der Waals surface area (Å²) in [5, 5.41) is 2.63. The van der Waals surface area contributed by atoms with Gasteiger partial charge in [-0.05, 0) is 106 Å². The third-order valence-electron chi connectivity index (χ3n) is 10.2. The predicted octanol–water partition coefficient (Wildman–Crippen LogP) is 14.0. The molecule has 0 spiro atoms. The van der Waals surface area contributed by atoms with Gasteiger partial charge in [0, 0.05) is 45.4 Å². The molecule has 2 heteroatoms. The van der Waals surface area contributed by atoms with Crippen LogP contribution < -0.4 is 4.90 Å². The standard InChI is InChI=1S/C50H38N2/c1-2-51-49-16-10-9-15-47(49)48-35-43(29-34-50(48)51)42-23-21-38(22-24-42)37-17-19-39(20-18-37)41-27-32-46(33-28-41)52(44-13-7-4-8-14-44)45-30-25-40(26-31-45)36-11-5-3-6-12-36/h3-35H,2H2,1H3. The molecule has 0 N–H and O–H groups in total. The van der Waals surface area contributed by atoms with E-state index in [4.69, 9.17) is 0 Å². The number of benzene rings is 8. The van der Waals surface area contributed by atoms with Gasteiger partial charge >= 0.3 is 0 Å². The minimum Gasteiger partial charge on any atom is -0.341 e. The number of aromatic nitrogens is 1. The molecule has 0 aliphatic rings. The molecule has 0 aliphatic carbocycles. The van der Waals surface area contributed by atoms with Crippen LogP contribution in [-0.4, -0.2) is 4.57 Å². The molecule has 2 nitrogen and oxygen atoms in total. The first kappa shape index (κ1) is 31.3. The average Bonchev–Trinajstić information content (AvgIpc) is 3.55. The SMILES string of the molecule is CCn1c2ccccc2c2cc(-c3ccc(-c4ccc(-c5ccc(N(c6ccccc6)c6ccc(-c7ccccc7)cc6)cc5)cc4)cc3)ccc21. The lowest BCUT2D eigenvalue weighted by Gasteiger charge is -2.26. The summed E-state index contributed by atoms with van der Waals surface area (Å²) < 4.78 is 2.40. The van der Waals surface area contributed by atoms with Crippen LogP contribution in [0.1, 0.15) is 6.92 Å². The number of para-hydroxylation sites is 2. The van der Waals surface area contributed by atoms with Crippen LogP contribution in [0.25, 0.3) is 66.3 Å². The number of nitrogens with zero attached hydrogens (tertiary/aromatic N) is 2. The Labute approximate surface area is 305 Å². The molecule has 1 aromatic heterocycles. The minimum atomic E-state index is 0.958. The molecular formula is C50H38N2. The Morgan fingerprint density at radius 2 is 0.692 bits per heavy atom. The summed E-state index contributed by atoms with van der Waals surface area (Å²) in [6.45, 7) is 3.17. The maximum absolute atomic E-state index is 2.40. The highest BCUT2D eigenvalue weighted by atomic mass is 15.1. The van der Waals surface area contributed by atoms with Crippen LogP contribution in [0.4, 0.5) is 17.1 Å². The Balaban J connectivity index is 0.950. The maximum atomic E-state index is 2.40. The predicted molar refractivity (Wildman–Crippen MR) is 222 cm³/mol. The van der Waals surface area contributed by atoms with Crippen molar-refractivity contribution in [1.82, 2.24) is 4.57 Å². The van der Waals surface area contributed by atoms with Crippen molar-refractivity contribution >= 4 is 38.9 Å². The zero-order valence-electron chi connectivity index (χ0n) is 29.2. The topological polar surface area (TPSA) is 8.17 Å². The molecular weight excluding hydrogens is 629 g/mol. The summed E-state index contributed by atoms with van der Waals surface area (Å²) in [6.07, 6.45) is 0. The van der Waals surface area contributed by atoms with Crippen LogP contribution in [0, 0.1) is 0 Å². The van der Waals surface area contributed by atoms with Crippen molar-refractivity contribution in [3.63, 3.8) is 0 Å². The lowest BCUT2D eigenvalue weighted by molar-refractivity contribution is 0.827. The summed E-state index contributed by atoms with van der Waals surface area (Å²) in [4.78, 5) is 2.31. The minimum absolute atomic E-state index is 0.958. The van der Waals surface area contributed by atoms with E-state index < -0.39 is 0 Å². The fourth-order valence-electron chi connectivity index (χ4n) is 7.54. The van der Waals surface area contributed by atoms with Gasteiger partial charge in [-0.25, -0.2) is 0 Å². The molecule has 0 bridgehead atoms. The Morgan fingerprint density at radius 1 is 0.327 bits per heavy atom. The molecule has 9 aromatic rings. The van der Waals surface area contributed by atoms with E-state index in [9.17, 15) is 0 Å². The number of aryl methyl sites for hydroxylation is 1. The molecule has 0 saturated heterocycles. The van der Waals surface area contributed by atoms with Crippen LogP contribution in [0.3, 0.4) is 0 Å². The van der Waals surface area contributed by atoms with Crippen molar-refractivity contribution in [2.75, 3.05) is 4.90 Å². The van der Waals surface area contributed by atoms with Crippen LogP contribution in [-0.2, 0) is 6.54 Å². The molecule has 52 heavy (non-hydrogen) atoms. The molecule has 0 amide bonds. The molecule has 1 heterocycles. The third kappa shape index (κ3) is 5.85. The second-order valence-electron chi connectivity index (χ2n) is 13.3. The highest BCUT2D eigenvalue weighted by Crippen LogP contribution is 2.37. The van der Waals surface area contributed by atoms with Gasteiger partial charge < -0.3 is 9.47 Å². The number of hydrogen-bond donors (Lipinski definition) is 0. The van der Waals surface area contributed by atoms with Crippen LogP contribution in [0.15, 0.2) is 200 Å². The fraction of sp³-hybridized carbons (Fsp3) is 0.0400. The Hall–Kier alpha value is -6.64. The van der Waals surface area contributed by atoms with E-state index in [1.54, 1.807) is 0 Å². The molecule has 0 fully saturated rings. The first-order valence-electron chi connectivity index (χ1n) is 18.1. The zero-order chi connectivity index (χ0) is 34.9. The quantitative estimate of drug-likeness (QED) is 0.157. The second kappa shape index (κ2) is 13.6. The first-order chi connectivity index (χ1) is 25.7. The second-order valence-corrected chi connectivity index (χ2v) is 13.3. The lowest BCUT2D eigenvalue weighted by Crippen LogP contribution is -2.09. The molecule has 0 aliphatic heterocycles. The Morgan fingerprint density at radius 3 is 1.21 bits per heavy atom. The van der Waals surface area contributed by atoms with Gasteiger partial charge in [-0.1, -0.05) is 146 Å². The summed E-state index contributed by atoms with van der Waals surface area (Å²) in [6, 6.07) is 72.3. The third-order valence-corrected chi connectivity index (χ3v) is 10.2. The summed E-state index contributed by atoms with van der Waals surface area (Å²) in [5.41, 5.74) is 15.7. The lowest BCUT2D eigenvalue weighted by atomic mass is 9.97. The van der Waals surface area contributed by atoms with Gasteiger partial charge in [0.25, 0.3) is 0 Å². The molecule has 248 valence electrons. The monoisotopic (exact) mass is 666 g/mol. The normalized spacial score (nSPS) is 11.2. The Bertz CT molecular complexity index is 2600. The van der Waals surface area contributed by atoms with Crippen molar-refractivity contribution in [3.05, 3.63) is 200 Å². The van der Waals surface area contributed by atoms with Crippen molar-refractivity contribution in [2.45, 2.75) is 13.5 Å². The zero-order valence-corrected chi connectivity index (χ0v) is 29.2. The number of anilines is 3. The van der Waals surface area contributed by atoms with Crippen molar-refractivity contribution < 1.29 is 0 Å². The molecule has 8 aromatic carbocycles. The highest BCUT2D eigenvalue weighted by molar-refractivity contribution is 6.09. The van der Waals surface area contributed by atoms with Crippen molar-refractivity contribution in [2.24, 2.45) is 0 Å². The van der Waals surface area contributed by atoms with E-state index in [2.05, 4.69) is 217 Å². The van der Waals surface area contributed by atoms with Gasteiger partial charge in [-0.2, -0.15) is 0 Å². The van der Waals surface area contributed by atoms with Gasteiger partial charge in [0.15, 0.2) is 0 Å². The molecule has 0 saturated carbocycles. The van der Waals surface area contributed by atoms with Gasteiger partial charge in [-0.3, -0.25) is 0 Å². The summed E-state index contributed by atoms with van der Waals surface area (Å²) >= 11 is 0. The first-order valence-corrected chi connectivity index (χ1v) is 18.1. The largest absolute Gasteiger partial charge is 0.341 e. The van der Waals surface area contributed by atoms with E-state index in [1.165, 1.54) is 66.3 Å². The maximum Gasteiger partial charge on any atom is 0.0491 e. The fourth-order valence-corrected chi connectivity index (χ4v) is 7.54. The van der Waals surface area contributed by atoms with Gasteiger partial charge in [0.2, 0.25) is 0 Å². The van der Waals surface area contributed by atoms with Crippen LogP contribution in [0.2, 0.25) is 0 Å². The summed E-state index contributed by atoms with van der Waals surface area (Å²) in [7, 11) is 0. The molecule has 9 rings (SSSR count). The molecule has 0 radical (unpaired) electrons. The molecule has 0 atom stereocenters. The van der Waals surface area contributed by atoms with E-state index in [-0.39, 0.29) is 0 Å². The Kier molecular flexibility index (Phi) is 8.19. The smallest absolute Gasteiger partial charge is 0.0491 e. The van der Waals surface area contributed by atoms with E-state index in [0.717, 1.165) is 23.6 Å². The average molecular weight is 667 g/mol. The van der Waals surface area contributed by atoms with Crippen molar-refractivity contribution in [3.8, 4) is 44.5 Å². The van der Waals surface area contributed by atoms with Gasteiger partial charge in [-0.15, -0.1) is 0 Å². The molecule has 0 unspecified atom stereocenters. The summed E-state index contributed by atoms with van der Waals surface area (Å²) in [5.74, 6) is 0. The van der Waals surface area contributed by atoms with Crippen LogP contribution in [0.5, 0.6) is 0 Å². The number of fused-ring (bicyclic) bond motifs is 3. The van der Waals surface area contributed by atoms with E-state index >= 15 is 0 Å². The van der Waals surface area contributed by atoms with Crippen LogP contribution >= 0.6 is 0 Å². The highest BCUT2D eigenvalue weighted by Gasteiger charge is 2.14. The van der Waals surface area contributed by atoms with E-state index in [0.29, 0.717) is 0 Å². The number of rotatable bonds is 8. The number of hydrogen-bond acceptors (Lipinski definition) is 1. The van der Waals surface area contributed by atoms with E-state index in [1.807, 2.05) is 0 Å². The van der Waals surface area contributed by atoms with Gasteiger partial charge in [0.05, 0.1) is 0 Å². The van der Waals surface area contributed by atoms with Crippen molar-refractivity contribution in [1.29, 1.82) is 0 Å².